The summed E-state index contributed by atoms with van der Waals surface area (Å²) in [5.41, 5.74) is 0. The zero-order chi connectivity index (χ0) is 6.69. The number of aliphatic imine (C=N–C) groups is 1. The topological polar surface area (TPSA) is 25.2 Å². The lowest BCUT2D eigenvalue weighted by Gasteiger charge is -1.91. The Hall–Kier alpha value is -0.450. The van der Waals surface area contributed by atoms with Gasteiger partial charge in [0.1, 0.15) is 0 Å². The number of hydrogen-bond acceptors (Lipinski definition) is 2. The molecule has 0 N–H and O–H groups in total. The Labute approximate surface area is 67.2 Å². The monoisotopic (exact) mass is 232 g/mol. The molecule has 1 heterocycles. The van der Waals surface area contributed by atoms with Gasteiger partial charge in [-0.25, -0.2) is 9.98 Å². The highest BCUT2D eigenvalue weighted by atomic mass is 127. The van der Waals surface area contributed by atoms with E-state index >= 15 is 0 Å². The Bertz CT molecular complexity index is 222. The maximum atomic E-state index is 3.96. The normalized spacial score (nSPS) is 9.00. The second-order valence-electron chi connectivity index (χ2n) is 1.47. The number of hydrogen-bond donors (Lipinski definition) is 0. The van der Waals surface area contributed by atoms with Crippen molar-refractivity contribution in [2.75, 3.05) is 0 Å². The first-order valence-electron chi connectivity index (χ1n) is 2.42. The number of pyridine rings is 1. The van der Waals surface area contributed by atoms with Gasteiger partial charge in [-0.1, -0.05) is 0 Å². The third kappa shape index (κ3) is 1.48. The van der Waals surface area contributed by atoms with Crippen LogP contribution in [0.2, 0.25) is 0 Å². The first-order chi connectivity index (χ1) is 4.34. The Morgan fingerprint density at radius 1 is 1.67 bits per heavy atom. The van der Waals surface area contributed by atoms with Gasteiger partial charge in [0.25, 0.3) is 0 Å². The van der Waals surface area contributed by atoms with Gasteiger partial charge >= 0.3 is 0 Å². The molecule has 2 nitrogen and oxygen atoms in total. The number of rotatable bonds is 1. The fourth-order valence-corrected chi connectivity index (χ4v) is 1.01. The Balaban J connectivity index is 3.15. The SMILES string of the molecule is C=Nc1ncccc1I. The molecule has 0 fully saturated rings. The van der Waals surface area contributed by atoms with Crippen molar-refractivity contribution in [2.24, 2.45) is 4.99 Å². The average molecular weight is 232 g/mol. The van der Waals surface area contributed by atoms with E-state index in [4.69, 9.17) is 0 Å². The van der Waals surface area contributed by atoms with Crippen LogP contribution in [0.15, 0.2) is 23.3 Å². The van der Waals surface area contributed by atoms with Crippen molar-refractivity contribution in [1.29, 1.82) is 0 Å². The van der Waals surface area contributed by atoms with E-state index < -0.39 is 0 Å². The van der Waals surface area contributed by atoms with E-state index in [1.807, 2.05) is 12.1 Å². The smallest absolute Gasteiger partial charge is 0.164 e. The Kier molecular flexibility index (Phi) is 2.16. The molecule has 0 saturated heterocycles. The maximum absolute atomic E-state index is 3.96. The summed E-state index contributed by atoms with van der Waals surface area (Å²) in [6, 6.07) is 3.81. The molecule has 0 bridgehead atoms. The standard InChI is InChI=1S/C6H5IN2/c1-8-6-5(7)3-2-4-9-6/h2-4H,1H2. The molecule has 3 heteroatoms. The highest BCUT2D eigenvalue weighted by Gasteiger charge is 1.92. The molecule has 0 amide bonds. The van der Waals surface area contributed by atoms with E-state index in [0.29, 0.717) is 5.82 Å². The van der Waals surface area contributed by atoms with E-state index in [9.17, 15) is 0 Å². The molecule has 0 radical (unpaired) electrons. The molecule has 0 spiro atoms. The molecule has 9 heavy (non-hydrogen) atoms. The number of halogens is 1. The van der Waals surface area contributed by atoms with Gasteiger partial charge in [0.2, 0.25) is 0 Å². The van der Waals surface area contributed by atoms with Crippen LogP contribution in [-0.2, 0) is 0 Å². The molecule has 0 atom stereocenters. The van der Waals surface area contributed by atoms with Crippen LogP contribution in [0.3, 0.4) is 0 Å². The van der Waals surface area contributed by atoms with Crippen molar-refractivity contribution in [3.63, 3.8) is 0 Å². The zero-order valence-corrected chi connectivity index (χ0v) is 6.87. The second-order valence-corrected chi connectivity index (χ2v) is 2.63. The predicted molar refractivity (Wildman–Crippen MR) is 46.2 cm³/mol. The molecule has 0 aliphatic heterocycles. The van der Waals surface area contributed by atoms with Gasteiger partial charge in [-0.3, -0.25) is 0 Å². The summed E-state index contributed by atoms with van der Waals surface area (Å²) < 4.78 is 1.03. The minimum atomic E-state index is 0.707. The average Bonchev–Trinajstić information content (AvgIpc) is 1.89. The molecular weight excluding hydrogens is 227 g/mol. The van der Waals surface area contributed by atoms with Gasteiger partial charge in [0.15, 0.2) is 5.82 Å². The largest absolute Gasteiger partial charge is 0.244 e. The van der Waals surface area contributed by atoms with Crippen LogP contribution in [0.4, 0.5) is 5.82 Å². The summed E-state index contributed by atoms with van der Waals surface area (Å²) in [4.78, 5) is 7.66. The second kappa shape index (κ2) is 2.91. The van der Waals surface area contributed by atoms with Crippen LogP contribution >= 0.6 is 22.6 Å². The minimum absolute atomic E-state index is 0.707. The molecule has 0 aromatic carbocycles. The number of nitrogens with zero attached hydrogens (tertiary/aromatic N) is 2. The predicted octanol–water partition coefficient (Wildman–Crippen LogP) is 2.02. The molecule has 1 aromatic heterocycles. The summed E-state index contributed by atoms with van der Waals surface area (Å²) in [6.07, 6.45) is 1.70. The maximum Gasteiger partial charge on any atom is 0.164 e. The first kappa shape index (κ1) is 6.67. The molecule has 0 saturated carbocycles. The molecule has 1 aromatic rings. The van der Waals surface area contributed by atoms with Crippen molar-refractivity contribution in [2.45, 2.75) is 0 Å². The first-order valence-corrected chi connectivity index (χ1v) is 3.49. The molecule has 0 unspecified atom stereocenters. The lowest BCUT2D eigenvalue weighted by molar-refractivity contribution is 1.26. The van der Waals surface area contributed by atoms with E-state index in [-0.39, 0.29) is 0 Å². The third-order valence-electron chi connectivity index (χ3n) is 0.889. The van der Waals surface area contributed by atoms with Gasteiger partial charge in [0, 0.05) is 6.20 Å². The summed E-state index contributed by atoms with van der Waals surface area (Å²) in [5, 5.41) is 0. The van der Waals surface area contributed by atoms with E-state index in [0.717, 1.165) is 3.57 Å². The van der Waals surface area contributed by atoms with E-state index in [1.54, 1.807) is 6.20 Å². The highest BCUT2D eigenvalue weighted by Crippen LogP contribution is 2.15. The fraction of sp³-hybridized carbons (Fsp3) is 0. The van der Waals surface area contributed by atoms with Gasteiger partial charge in [-0.05, 0) is 41.4 Å². The van der Waals surface area contributed by atoms with Crippen molar-refractivity contribution < 1.29 is 0 Å². The van der Waals surface area contributed by atoms with Crippen molar-refractivity contribution in [3.8, 4) is 0 Å². The molecule has 0 aliphatic carbocycles. The fourth-order valence-electron chi connectivity index (χ4n) is 0.494. The lowest BCUT2D eigenvalue weighted by atomic mass is 10.5. The summed E-state index contributed by atoms with van der Waals surface area (Å²) in [7, 11) is 0. The van der Waals surface area contributed by atoms with Gasteiger partial charge < -0.3 is 0 Å². The van der Waals surface area contributed by atoms with Crippen molar-refractivity contribution in [3.05, 3.63) is 21.9 Å². The van der Waals surface area contributed by atoms with Crippen LogP contribution in [-0.4, -0.2) is 11.7 Å². The summed E-state index contributed by atoms with van der Waals surface area (Å²) in [6.45, 7) is 3.37. The van der Waals surface area contributed by atoms with Gasteiger partial charge in [-0.15, -0.1) is 0 Å². The Morgan fingerprint density at radius 2 is 2.44 bits per heavy atom. The summed E-state index contributed by atoms with van der Waals surface area (Å²) in [5.74, 6) is 0.707. The number of aromatic nitrogens is 1. The van der Waals surface area contributed by atoms with Crippen molar-refractivity contribution >= 4 is 35.1 Å². The minimum Gasteiger partial charge on any atom is -0.244 e. The van der Waals surface area contributed by atoms with E-state index in [2.05, 4.69) is 39.3 Å². The highest BCUT2D eigenvalue weighted by molar-refractivity contribution is 14.1. The van der Waals surface area contributed by atoms with Crippen LogP contribution in [0.1, 0.15) is 0 Å². The zero-order valence-electron chi connectivity index (χ0n) is 4.71. The van der Waals surface area contributed by atoms with Gasteiger partial charge in [-0.2, -0.15) is 0 Å². The van der Waals surface area contributed by atoms with Crippen molar-refractivity contribution in [1.82, 2.24) is 4.98 Å². The molecule has 1 rings (SSSR count). The molecular formula is C6H5IN2. The third-order valence-corrected chi connectivity index (χ3v) is 1.73. The molecule has 0 aliphatic rings. The van der Waals surface area contributed by atoms with Crippen LogP contribution < -0.4 is 0 Å². The van der Waals surface area contributed by atoms with Crippen LogP contribution in [0, 0.1) is 3.57 Å². The molecule has 46 valence electrons. The van der Waals surface area contributed by atoms with Crippen LogP contribution in [0.25, 0.3) is 0 Å². The van der Waals surface area contributed by atoms with E-state index in [1.165, 1.54) is 0 Å². The quantitative estimate of drug-likeness (QED) is 0.537. The lowest BCUT2D eigenvalue weighted by Crippen LogP contribution is -1.75. The Morgan fingerprint density at radius 3 is 2.89 bits per heavy atom. The van der Waals surface area contributed by atoms with Gasteiger partial charge in [0.05, 0.1) is 3.57 Å². The van der Waals surface area contributed by atoms with Crippen LogP contribution in [0.5, 0.6) is 0 Å². The summed E-state index contributed by atoms with van der Waals surface area (Å²) >= 11 is 2.16.